The third kappa shape index (κ3) is 4.37. The largest absolute Gasteiger partial charge is 0.456 e. The van der Waals surface area contributed by atoms with Gasteiger partial charge in [-0.25, -0.2) is 9.97 Å². The van der Waals surface area contributed by atoms with E-state index in [-0.39, 0.29) is 12.1 Å². The second kappa shape index (κ2) is 8.45. The second-order valence-electron chi connectivity index (χ2n) is 7.77. The molecule has 0 spiro atoms. The Balaban J connectivity index is 1.36. The van der Waals surface area contributed by atoms with Gasteiger partial charge in [0.1, 0.15) is 16.7 Å². The van der Waals surface area contributed by atoms with E-state index in [0.717, 1.165) is 52.2 Å². The zero-order valence-electron chi connectivity index (χ0n) is 17.0. The first kappa shape index (κ1) is 20.2. The Labute approximate surface area is 188 Å². The van der Waals surface area contributed by atoms with E-state index in [9.17, 15) is 5.11 Å². The number of nitrogens with zero attached hydrogens (tertiary/aromatic N) is 4. The maximum atomic E-state index is 10.2. The molecule has 3 heterocycles. The van der Waals surface area contributed by atoms with Crippen molar-refractivity contribution in [1.29, 1.82) is 0 Å². The van der Waals surface area contributed by atoms with E-state index < -0.39 is 0 Å². The van der Waals surface area contributed by atoms with Crippen LogP contribution in [0, 0.1) is 0 Å². The summed E-state index contributed by atoms with van der Waals surface area (Å²) in [6, 6.07) is 7.72. The van der Waals surface area contributed by atoms with Gasteiger partial charge in [-0.05, 0) is 31.0 Å². The summed E-state index contributed by atoms with van der Waals surface area (Å²) in [6.07, 6.45) is 8.95. The number of rotatable bonds is 5. The van der Waals surface area contributed by atoms with Crippen LogP contribution in [0.25, 0.3) is 21.3 Å². The standard InChI is InChI=1S/C22H22ClN5O2S/c1-28-12-13(10-25-28)16-8-15(11-24-21(16)23)30-14-6-7-18-20(9-14)31-22(27-18)26-17-4-2-3-5-19(17)29/h6-12,17,19,29H,2-5H2,1H3,(H,26,27)/t17?,19-/m1/s1. The van der Waals surface area contributed by atoms with Gasteiger partial charge in [-0.2, -0.15) is 5.10 Å². The average molecular weight is 456 g/mol. The molecule has 0 bridgehead atoms. The van der Waals surface area contributed by atoms with Crippen molar-refractivity contribution in [3.05, 3.63) is 48.0 Å². The minimum absolute atomic E-state index is 0.0658. The zero-order valence-corrected chi connectivity index (χ0v) is 18.5. The molecule has 2 N–H and O–H groups in total. The molecule has 31 heavy (non-hydrogen) atoms. The molecule has 7 nitrogen and oxygen atoms in total. The van der Waals surface area contributed by atoms with Crippen LogP contribution in [0.4, 0.5) is 5.13 Å². The van der Waals surface area contributed by atoms with Gasteiger partial charge in [0.25, 0.3) is 0 Å². The number of halogens is 1. The first-order valence-corrected chi connectivity index (χ1v) is 11.4. The van der Waals surface area contributed by atoms with Crippen molar-refractivity contribution in [3.8, 4) is 22.6 Å². The van der Waals surface area contributed by atoms with Crippen molar-refractivity contribution in [1.82, 2.24) is 19.7 Å². The topological polar surface area (TPSA) is 85.1 Å². The molecule has 0 saturated heterocycles. The lowest BCUT2D eigenvalue weighted by atomic mass is 9.93. The normalized spacial score (nSPS) is 18.9. The predicted molar refractivity (Wildman–Crippen MR) is 123 cm³/mol. The van der Waals surface area contributed by atoms with Gasteiger partial charge in [0, 0.05) is 30.4 Å². The summed E-state index contributed by atoms with van der Waals surface area (Å²) in [7, 11) is 1.85. The summed E-state index contributed by atoms with van der Waals surface area (Å²) >= 11 is 7.84. The zero-order chi connectivity index (χ0) is 21.4. The lowest BCUT2D eigenvalue weighted by Crippen LogP contribution is -2.36. The molecule has 2 atom stereocenters. The van der Waals surface area contributed by atoms with E-state index in [1.807, 2.05) is 37.5 Å². The molecular weight excluding hydrogens is 434 g/mol. The number of thiazole rings is 1. The molecule has 1 aliphatic rings. The molecule has 1 aliphatic carbocycles. The van der Waals surface area contributed by atoms with Crippen molar-refractivity contribution in [2.24, 2.45) is 7.05 Å². The minimum atomic E-state index is -0.314. The van der Waals surface area contributed by atoms with Crippen LogP contribution in [-0.4, -0.2) is 37.0 Å². The van der Waals surface area contributed by atoms with Gasteiger partial charge in [0.2, 0.25) is 0 Å². The monoisotopic (exact) mass is 455 g/mol. The minimum Gasteiger partial charge on any atom is -0.456 e. The number of aromatic nitrogens is 4. The number of nitrogens with one attached hydrogen (secondary N) is 1. The molecule has 0 radical (unpaired) electrons. The number of hydrogen-bond acceptors (Lipinski definition) is 7. The summed E-state index contributed by atoms with van der Waals surface area (Å²) < 4.78 is 8.79. The van der Waals surface area contributed by atoms with Gasteiger partial charge in [-0.3, -0.25) is 4.68 Å². The molecule has 0 aliphatic heterocycles. The third-order valence-electron chi connectivity index (χ3n) is 5.46. The van der Waals surface area contributed by atoms with E-state index >= 15 is 0 Å². The molecule has 0 amide bonds. The number of anilines is 1. The number of ether oxygens (including phenoxy) is 1. The lowest BCUT2D eigenvalue weighted by Gasteiger charge is -2.27. The van der Waals surface area contributed by atoms with E-state index in [1.54, 1.807) is 28.4 Å². The first-order valence-electron chi connectivity index (χ1n) is 10.2. The summed E-state index contributed by atoms with van der Waals surface area (Å²) in [4.78, 5) is 8.92. The highest BCUT2D eigenvalue weighted by Crippen LogP contribution is 2.35. The van der Waals surface area contributed by atoms with Gasteiger partial charge in [0.05, 0.1) is 34.8 Å². The molecule has 1 fully saturated rings. The quantitative estimate of drug-likeness (QED) is 0.399. The van der Waals surface area contributed by atoms with Gasteiger partial charge < -0.3 is 15.2 Å². The summed E-state index contributed by atoms with van der Waals surface area (Å²) in [5.74, 6) is 1.29. The predicted octanol–water partition coefficient (Wildman–Crippen LogP) is 5.25. The van der Waals surface area contributed by atoms with Crippen LogP contribution in [0.1, 0.15) is 25.7 Å². The highest BCUT2D eigenvalue weighted by Gasteiger charge is 2.23. The average Bonchev–Trinajstić information content (AvgIpc) is 3.36. The summed E-state index contributed by atoms with van der Waals surface area (Å²) in [5.41, 5.74) is 2.54. The third-order valence-corrected chi connectivity index (χ3v) is 6.71. The van der Waals surface area contributed by atoms with E-state index in [1.165, 1.54) is 0 Å². The van der Waals surface area contributed by atoms with Crippen LogP contribution >= 0.6 is 22.9 Å². The molecule has 1 unspecified atom stereocenters. The van der Waals surface area contributed by atoms with Crippen LogP contribution in [0.15, 0.2) is 42.9 Å². The SMILES string of the molecule is Cn1cc(-c2cc(Oc3ccc4nc(NC5CCCC[C@H]5O)sc4c3)cnc2Cl)cn1. The van der Waals surface area contributed by atoms with Crippen molar-refractivity contribution >= 4 is 38.3 Å². The van der Waals surface area contributed by atoms with Gasteiger partial charge in [-0.15, -0.1) is 0 Å². The van der Waals surface area contributed by atoms with Gasteiger partial charge >= 0.3 is 0 Å². The van der Waals surface area contributed by atoms with Gasteiger partial charge in [-0.1, -0.05) is 35.8 Å². The number of aryl methyl sites for hydroxylation is 1. The fraction of sp³-hybridized carbons (Fsp3) is 0.318. The van der Waals surface area contributed by atoms with Crippen molar-refractivity contribution in [2.45, 2.75) is 37.8 Å². The van der Waals surface area contributed by atoms with Crippen LogP contribution in [0.2, 0.25) is 5.15 Å². The first-order chi connectivity index (χ1) is 15.0. The summed E-state index contributed by atoms with van der Waals surface area (Å²) in [6.45, 7) is 0. The molecule has 3 aromatic heterocycles. The molecule has 4 aromatic rings. The molecule has 9 heteroatoms. The Morgan fingerprint density at radius 3 is 2.87 bits per heavy atom. The Morgan fingerprint density at radius 1 is 1.19 bits per heavy atom. The molecular formula is C22H22ClN5O2S. The van der Waals surface area contributed by atoms with Crippen LogP contribution in [-0.2, 0) is 7.05 Å². The van der Waals surface area contributed by atoms with E-state index in [4.69, 9.17) is 16.3 Å². The fourth-order valence-corrected chi connectivity index (χ4v) is 5.02. The van der Waals surface area contributed by atoms with Crippen molar-refractivity contribution in [2.75, 3.05) is 5.32 Å². The maximum absolute atomic E-state index is 10.2. The van der Waals surface area contributed by atoms with Crippen molar-refractivity contribution < 1.29 is 9.84 Å². The number of pyridine rings is 1. The highest BCUT2D eigenvalue weighted by molar-refractivity contribution is 7.22. The van der Waals surface area contributed by atoms with Crippen LogP contribution < -0.4 is 10.1 Å². The maximum Gasteiger partial charge on any atom is 0.184 e. The molecule has 1 aromatic carbocycles. The highest BCUT2D eigenvalue weighted by atomic mass is 35.5. The lowest BCUT2D eigenvalue weighted by molar-refractivity contribution is 0.116. The Morgan fingerprint density at radius 2 is 2.06 bits per heavy atom. The molecule has 1 saturated carbocycles. The fourth-order valence-electron chi connectivity index (χ4n) is 3.85. The van der Waals surface area contributed by atoms with Gasteiger partial charge in [0.15, 0.2) is 5.13 Å². The number of hydrogen-bond donors (Lipinski definition) is 2. The smallest absolute Gasteiger partial charge is 0.184 e. The Bertz CT molecular complexity index is 1220. The van der Waals surface area contributed by atoms with E-state index in [0.29, 0.717) is 16.7 Å². The second-order valence-corrected chi connectivity index (χ2v) is 9.15. The Kier molecular flexibility index (Phi) is 5.52. The number of aliphatic hydroxyl groups excluding tert-OH is 1. The summed E-state index contributed by atoms with van der Waals surface area (Å²) in [5, 5.41) is 19.0. The van der Waals surface area contributed by atoms with E-state index in [2.05, 4.69) is 20.4 Å². The van der Waals surface area contributed by atoms with Crippen molar-refractivity contribution in [3.63, 3.8) is 0 Å². The van der Waals surface area contributed by atoms with Crippen LogP contribution in [0.5, 0.6) is 11.5 Å². The number of aliphatic hydroxyl groups is 1. The molecule has 160 valence electrons. The Hall–Kier alpha value is -2.68. The van der Waals surface area contributed by atoms with Crippen LogP contribution in [0.3, 0.4) is 0 Å². The number of benzene rings is 1. The number of fused-ring (bicyclic) bond motifs is 1. The molecule has 5 rings (SSSR count).